The number of hydrogen-bond donors (Lipinski definition) is 3. The molecule has 1 aliphatic heterocycles. The molecule has 1 unspecified atom stereocenters. The van der Waals surface area contributed by atoms with E-state index in [0.717, 1.165) is 25.1 Å². The minimum absolute atomic E-state index is 0.277. The van der Waals surface area contributed by atoms with Crippen LogP contribution in [0.2, 0.25) is 0 Å². The number of urea groups is 1. The molecule has 33 heavy (non-hydrogen) atoms. The van der Waals surface area contributed by atoms with Crippen LogP contribution in [0.15, 0.2) is 36.9 Å². The number of carbonyl (C=O) groups is 2. The second kappa shape index (κ2) is 11.6. The number of ether oxygens (including phenoxy) is 1. The van der Waals surface area contributed by atoms with E-state index in [0.29, 0.717) is 42.5 Å². The van der Waals surface area contributed by atoms with Gasteiger partial charge in [-0.1, -0.05) is 26.8 Å². The molecule has 1 atom stereocenters. The fourth-order valence-electron chi connectivity index (χ4n) is 4.16. The van der Waals surface area contributed by atoms with E-state index in [1.807, 2.05) is 19.1 Å². The summed E-state index contributed by atoms with van der Waals surface area (Å²) in [5, 5.41) is 15.3. The number of carbonyl (C=O) groups excluding carboxylic acids is 1. The highest BCUT2D eigenvalue weighted by Gasteiger charge is 2.26. The van der Waals surface area contributed by atoms with Crippen molar-refractivity contribution in [2.24, 2.45) is 5.92 Å². The molecule has 1 aromatic heterocycles. The summed E-state index contributed by atoms with van der Waals surface area (Å²) in [6.45, 7) is 8.37. The molecule has 0 bridgehead atoms. The number of carboxylic acid groups (broad SMARTS) is 1. The molecular weight excluding hydrogens is 422 g/mol. The Morgan fingerprint density at radius 2 is 1.88 bits per heavy atom. The predicted octanol–water partition coefficient (Wildman–Crippen LogP) is 4.34. The van der Waals surface area contributed by atoms with Crippen LogP contribution in [0.5, 0.6) is 0 Å². The molecule has 1 aliphatic rings. The summed E-state index contributed by atoms with van der Waals surface area (Å²) in [7, 11) is 0. The lowest BCUT2D eigenvalue weighted by Gasteiger charge is -2.38. The van der Waals surface area contributed by atoms with E-state index >= 15 is 0 Å². The zero-order valence-corrected chi connectivity index (χ0v) is 19.5. The molecule has 9 nitrogen and oxygen atoms in total. The molecule has 1 fully saturated rings. The second-order valence-corrected chi connectivity index (χ2v) is 8.67. The van der Waals surface area contributed by atoms with Gasteiger partial charge in [0.25, 0.3) is 0 Å². The van der Waals surface area contributed by atoms with Crippen molar-refractivity contribution >= 4 is 29.1 Å². The summed E-state index contributed by atoms with van der Waals surface area (Å²) >= 11 is 0. The Balaban J connectivity index is 1.97. The van der Waals surface area contributed by atoms with E-state index in [2.05, 4.69) is 39.3 Å². The molecule has 0 aliphatic carbocycles. The topological polar surface area (TPSA) is 117 Å². The minimum Gasteiger partial charge on any atom is -0.481 e. The van der Waals surface area contributed by atoms with Gasteiger partial charge < -0.3 is 25.4 Å². The third-order valence-corrected chi connectivity index (χ3v) is 5.70. The molecular formula is C24H33N5O4. The van der Waals surface area contributed by atoms with Gasteiger partial charge in [0.1, 0.15) is 6.33 Å². The summed E-state index contributed by atoms with van der Waals surface area (Å²) in [4.78, 5) is 34.7. The number of aromatic nitrogens is 2. The molecule has 3 rings (SSSR count). The molecule has 0 spiro atoms. The van der Waals surface area contributed by atoms with Gasteiger partial charge in [-0.05, 0) is 42.9 Å². The Kier molecular flexibility index (Phi) is 8.59. The number of anilines is 3. The van der Waals surface area contributed by atoms with Crippen LogP contribution in [0.4, 0.5) is 21.9 Å². The lowest BCUT2D eigenvalue weighted by molar-refractivity contribution is -0.138. The van der Waals surface area contributed by atoms with Gasteiger partial charge in [-0.25, -0.2) is 14.8 Å². The summed E-state index contributed by atoms with van der Waals surface area (Å²) in [6, 6.07) is 5.41. The number of aliphatic carboxylic acids is 1. The van der Waals surface area contributed by atoms with E-state index in [1.54, 1.807) is 6.07 Å². The summed E-state index contributed by atoms with van der Waals surface area (Å²) in [6.07, 6.45) is 6.65. The fraction of sp³-hybridized carbons (Fsp3) is 0.500. The van der Waals surface area contributed by atoms with Crippen LogP contribution in [-0.4, -0.2) is 52.9 Å². The molecule has 1 saturated heterocycles. The average molecular weight is 456 g/mol. The van der Waals surface area contributed by atoms with Crippen LogP contribution in [-0.2, 0) is 9.53 Å². The van der Waals surface area contributed by atoms with Gasteiger partial charge in [0.05, 0.1) is 35.4 Å². The van der Waals surface area contributed by atoms with Crippen molar-refractivity contribution in [3.8, 4) is 0 Å². The van der Waals surface area contributed by atoms with Crippen LogP contribution in [0.3, 0.4) is 0 Å². The number of benzene rings is 1. The Morgan fingerprint density at radius 1 is 1.18 bits per heavy atom. The SMILES string of the molecule is CCC(C(=O)O)c1ccc(N(CC(C)C)C2CCOCC2)c(NC(=O)Nc2cncnc2)c1. The molecule has 9 heteroatoms. The molecule has 2 amide bonds. The van der Waals surface area contributed by atoms with Crippen LogP contribution < -0.4 is 15.5 Å². The first-order valence-corrected chi connectivity index (χ1v) is 11.4. The van der Waals surface area contributed by atoms with Gasteiger partial charge >= 0.3 is 12.0 Å². The number of nitrogens with one attached hydrogen (secondary N) is 2. The maximum atomic E-state index is 12.8. The number of rotatable bonds is 9. The number of carboxylic acids is 1. The summed E-state index contributed by atoms with van der Waals surface area (Å²) in [5.74, 6) is -1.13. The third kappa shape index (κ3) is 6.64. The molecule has 0 radical (unpaired) electrons. The van der Waals surface area contributed by atoms with Crippen molar-refractivity contribution in [2.45, 2.75) is 52.0 Å². The van der Waals surface area contributed by atoms with Crippen molar-refractivity contribution in [1.82, 2.24) is 9.97 Å². The lowest BCUT2D eigenvalue weighted by atomic mass is 9.95. The second-order valence-electron chi connectivity index (χ2n) is 8.67. The van der Waals surface area contributed by atoms with Crippen molar-refractivity contribution in [3.63, 3.8) is 0 Å². The maximum absolute atomic E-state index is 12.8. The normalized spacial score (nSPS) is 15.2. The lowest BCUT2D eigenvalue weighted by Crippen LogP contribution is -2.42. The van der Waals surface area contributed by atoms with Crippen molar-refractivity contribution in [1.29, 1.82) is 0 Å². The van der Waals surface area contributed by atoms with Crippen molar-refractivity contribution < 1.29 is 19.4 Å². The Hall–Kier alpha value is -3.20. The molecule has 0 saturated carbocycles. The van der Waals surface area contributed by atoms with Gasteiger partial charge in [0, 0.05) is 25.8 Å². The number of amides is 2. The quantitative estimate of drug-likeness (QED) is 0.515. The van der Waals surface area contributed by atoms with Crippen LogP contribution in [0.1, 0.15) is 51.5 Å². The van der Waals surface area contributed by atoms with Gasteiger partial charge in [-0.3, -0.25) is 4.79 Å². The van der Waals surface area contributed by atoms with E-state index in [4.69, 9.17) is 4.74 Å². The average Bonchev–Trinajstić information content (AvgIpc) is 2.79. The Labute approximate surface area is 194 Å². The van der Waals surface area contributed by atoms with E-state index in [9.17, 15) is 14.7 Å². The smallest absolute Gasteiger partial charge is 0.323 e. The highest BCUT2D eigenvalue weighted by molar-refractivity contribution is 6.02. The standard InChI is InChI=1S/C24H33N5O4/c1-4-20(23(30)31)17-5-6-22(29(14-16(2)3)19-7-9-33-10-8-19)21(11-17)28-24(32)27-18-12-25-15-26-13-18/h5-6,11-13,15-16,19-20H,4,7-10,14H2,1-3H3,(H,30,31)(H2,27,28,32). The van der Waals surface area contributed by atoms with Crippen molar-refractivity contribution in [3.05, 3.63) is 42.5 Å². The maximum Gasteiger partial charge on any atom is 0.323 e. The van der Waals surface area contributed by atoms with Crippen LogP contribution in [0.25, 0.3) is 0 Å². The molecule has 1 aromatic carbocycles. The third-order valence-electron chi connectivity index (χ3n) is 5.70. The first kappa shape index (κ1) is 24.4. The first-order valence-electron chi connectivity index (χ1n) is 11.4. The van der Waals surface area contributed by atoms with Crippen molar-refractivity contribution in [2.75, 3.05) is 35.3 Å². The highest BCUT2D eigenvalue weighted by atomic mass is 16.5. The Bertz CT molecular complexity index is 932. The van der Waals surface area contributed by atoms with E-state index in [1.165, 1.54) is 18.7 Å². The summed E-state index contributed by atoms with van der Waals surface area (Å²) in [5.41, 5.74) is 2.57. The first-order chi connectivity index (χ1) is 15.9. The number of hydrogen-bond acceptors (Lipinski definition) is 6. The van der Waals surface area contributed by atoms with Crippen LogP contribution >= 0.6 is 0 Å². The number of nitrogens with zero attached hydrogens (tertiary/aromatic N) is 3. The molecule has 2 aromatic rings. The molecule has 3 N–H and O–H groups in total. The largest absolute Gasteiger partial charge is 0.481 e. The highest BCUT2D eigenvalue weighted by Crippen LogP contribution is 2.35. The van der Waals surface area contributed by atoms with Gasteiger partial charge in [0.15, 0.2) is 0 Å². The fourth-order valence-corrected chi connectivity index (χ4v) is 4.16. The Morgan fingerprint density at radius 3 is 2.48 bits per heavy atom. The van der Waals surface area contributed by atoms with Gasteiger partial charge in [-0.2, -0.15) is 0 Å². The monoisotopic (exact) mass is 455 g/mol. The molecule has 178 valence electrons. The van der Waals surface area contributed by atoms with Gasteiger partial charge in [0.2, 0.25) is 0 Å². The van der Waals surface area contributed by atoms with Gasteiger partial charge in [-0.15, -0.1) is 0 Å². The summed E-state index contributed by atoms with van der Waals surface area (Å²) < 4.78 is 5.56. The van der Waals surface area contributed by atoms with Crippen LogP contribution in [0, 0.1) is 5.92 Å². The van der Waals surface area contributed by atoms with E-state index in [-0.39, 0.29) is 6.04 Å². The minimum atomic E-state index is -0.884. The zero-order valence-electron chi connectivity index (χ0n) is 19.5. The predicted molar refractivity (Wildman–Crippen MR) is 128 cm³/mol. The zero-order chi connectivity index (χ0) is 23.8. The molecule has 2 heterocycles. The van der Waals surface area contributed by atoms with E-state index < -0.39 is 17.9 Å².